The van der Waals surface area contributed by atoms with Crippen LogP contribution < -0.4 is 5.73 Å². The summed E-state index contributed by atoms with van der Waals surface area (Å²) in [5.41, 5.74) is 11.2. The van der Waals surface area contributed by atoms with E-state index in [9.17, 15) is 0 Å². The Morgan fingerprint density at radius 2 is 1.33 bits per heavy atom. The highest BCUT2D eigenvalue weighted by molar-refractivity contribution is 6.33. The number of hydrogen-bond acceptors (Lipinski definition) is 1. The fourth-order valence-corrected chi connectivity index (χ4v) is 2.70. The van der Waals surface area contributed by atoms with Gasteiger partial charge in [-0.2, -0.15) is 0 Å². The van der Waals surface area contributed by atoms with E-state index in [-0.39, 0.29) is 0 Å². The van der Waals surface area contributed by atoms with Crippen molar-refractivity contribution in [3.05, 3.63) is 83.4 Å². The smallest absolute Gasteiger partial charge is 0.0487 e. The first kappa shape index (κ1) is 13.9. The fraction of sp³-hybridized carbons (Fsp3) is 0.0526. The molecule has 104 valence electrons. The average Bonchev–Trinajstić information content (AvgIpc) is 2.56. The third-order valence-electron chi connectivity index (χ3n) is 3.57. The quantitative estimate of drug-likeness (QED) is 0.711. The van der Waals surface area contributed by atoms with Crippen molar-refractivity contribution in [1.82, 2.24) is 0 Å². The summed E-state index contributed by atoms with van der Waals surface area (Å²) in [5.74, 6) is 0. The Balaban J connectivity index is 1.94. The van der Waals surface area contributed by atoms with E-state index in [4.69, 9.17) is 17.3 Å². The minimum absolute atomic E-state index is 0.507. The number of hydrogen-bond donors (Lipinski definition) is 1. The number of benzene rings is 3. The maximum absolute atomic E-state index is 6.34. The zero-order valence-corrected chi connectivity index (χ0v) is 12.3. The fourth-order valence-electron chi connectivity index (χ4n) is 2.39. The van der Waals surface area contributed by atoms with Crippen molar-refractivity contribution in [1.29, 1.82) is 0 Å². The molecule has 0 radical (unpaired) electrons. The standard InChI is InChI=1S/C19H16ClN/c20-19-12-14(13-21)6-11-18(19)17-9-7-16(8-10-17)15-4-2-1-3-5-15/h1-12H,13,21H2. The molecule has 3 rings (SSSR count). The maximum atomic E-state index is 6.34. The zero-order valence-electron chi connectivity index (χ0n) is 11.6. The van der Waals surface area contributed by atoms with Gasteiger partial charge < -0.3 is 5.73 Å². The van der Waals surface area contributed by atoms with Crippen LogP contribution in [0.3, 0.4) is 0 Å². The van der Waals surface area contributed by atoms with Crippen LogP contribution in [0.1, 0.15) is 5.56 Å². The normalized spacial score (nSPS) is 10.6. The van der Waals surface area contributed by atoms with Crippen molar-refractivity contribution in [2.45, 2.75) is 6.54 Å². The van der Waals surface area contributed by atoms with Gasteiger partial charge in [-0.1, -0.05) is 78.3 Å². The molecule has 3 aromatic rings. The Morgan fingerprint density at radius 1 is 0.714 bits per heavy atom. The van der Waals surface area contributed by atoms with E-state index in [1.807, 2.05) is 36.4 Å². The molecule has 0 saturated carbocycles. The zero-order chi connectivity index (χ0) is 14.7. The molecule has 21 heavy (non-hydrogen) atoms. The van der Waals surface area contributed by atoms with E-state index in [0.29, 0.717) is 6.54 Å². The van der Waals surface area contributed by atoms with Crippen LogP contribution in [0.15, 0.2) is 72.8 Å². The van der Waals surface area contributed by atoms with Gasteiger partial charge in [0.15, 0.2) is 0 Å². The van der Waals surface area contributed by atoms with Gasteiger partial charge >= 0.3 is 0 Å². The summed E-state index contributed by atoms with van der Waals surface area (Å²) in [4.78, 5) is 0. The van der Waals surface area contributed by atoms with Gasteiger partial charge in [0.1, 0.15) is 0 Å². The summed E-state index contributed by atoms with van der Waals surface area (Å²) in [6, 6.07) is 24.8. The van der Waals surface area contributed by atoms with E-state index in [1.165, 1.54) is 11.1 Å². The molecule has 0 saturated heterocycles. The minimum Gasteiger partial charge on any atom is -0.326 e. The molecule has 3 aromatic carbocycles. The molecule has 2 heteroatoms. The maximum Gasteiger partial charge on any atom is 0.0487 e. The second kappa shape index (κ2) is 6.13. The van der Waals surface area contributed by atoms with Crippen LogP contribution in [0.2, 0.25) is 5.02 Å². The lowest BCUT2D eigenvalue weighted by Gasteiger charge is -2.08. The van der Waals surface area contributed by atoms with Crippen LogP contribution >= 0.6 is 11.6 Å². The molecule has 0 unspecified atom stereocenters. The molecule has 0 aliphatic heterocycles. The van der Waals surface area contributed by atoms with Crippen LogP contribution in [0, 0.1) is 0 Å². The Labute approximate surface area is 130 Å². The molecule has 0 aliphatic carbocycles. The van der Waals surface area contributed by atoms with Crippen molar-refractivity contribution in [3.8, 4) is 22.3 Å². The van der Waals surface area contributed by atoms with Gasteiger partial charge in [-0.15, -0.1) is 0 Å². The summed E-state index contributed by atoms with van der Waals surface area (Å²) in [6.45, 7) is 0.507. The third kappa shape index (κ3) is 2.99. The molecule has 0 heterocycles. The number of nitrogens with two attached hydrogens (primary N) is 1. The highest BCUT2D eigenvalue weighted by atomic mass is 35.5. The second-order valence-electron chi connectivity index (χ2n) is 4.96. The van der Waals surface area contributed by atoms with E-state index in [0.717, 1.165) is 21.7 Å². The van der Waals surface area contributed by atoms with Gasteiger partial charge in [0.05, 0.1) is 0 Å². The molecule has 0 fully saturated rings. The van der Waals surface area contributed by atoms with Gasteiger partial charge in [0.25, 0.3) is 0 Å². The Morgan fingerprint density at radius 3 is 1.95 bits per heavy atom. The molecular weight excluding hydrogens is 278 g/mol. The SMILES string of the molecule is NCc1ccc(-c2ccc(-c3ccccc3)cc2)c(Cl)c1. The molecule has 0 spiro atoms. The molecule has 2 N–H and O–H groups in total. The third-order valence-corrected chi connectivity index (χ3v) is 3.88. The van der Waals surface area contributed by atoms with Crippen molar-refractivity contribution in [2.75, 3.05) is 0 Å². The predicted octanol–water partition coefficient (Wildman–Crippen LogP) is 5.13. The largest absolute Gasteiger partial charge is 0.326 e. The highest BCUT2D eigenvalue weighted by Gasteiger charge is 2.05. The van der Waals surface area contributed by atoms with Gasteiger partial charge in [-0.3, -0.25) is 0 Å². The second-order valence-corrected chi connectivity index (χ2v) is 5.37. The van der Waals surface area contributed by atoms with Crippen LogP contribution in [-0.4, -0.2) is 0 Å². The predicted molar refractivity (Wildman–Crippen MR) is 90.2 cm³/mol. The van der Waals surface area contributed by atoms with Crippen LogP contribution in [-0.2, 0) is 6.54 Å². The van der Waals surface area contributed by atoms with Crippen LogP contribution in [0.25, 0.3) is 22.3 Å². The van der Waals surface area contributed by atoms with Gasteiger partial charge in [0.2, 0.25) is 0 Å². The van der Waals surface area contributed by atoms with Gasteiger partial charge in [-0.05, 0) is 28.3 Å². The summed E-state index contributed by atoms with van der Waals surface area (Å²) in [7, 11) is 0. The Hall–Kier alpha value is -2.09. The monoisotopic (exact) mass is 293 g/mol. The summed E-state index contributed by atoms with van der Waals surface area (Å²) in [6.07, 6.45) is 0. The van der Waals surface area contributed by atoms with Crippen molar-refractivity contribution in [3.63, 3.8) is 0 Å². The lowest BCUT2D eigenvalue weighted by Crippen LogP contribution is -1.95. The van der Waals surface area contributed by atoms with Crippen LogP contribution in [0.4, 0.5) is 0 Å². The summed E-state index contributed by atoms with van der Waals surface area (Å²) < 4.78 is 0. The van der Waals surface area contributed by atoms with Crippen molar-refractivity contribution >= 4 is 11.6 Å². The highest BCUT2D eigenvalue weighted by Crippen LogP contribution is 2.30. The lowest BCUT2D eigenvalue weighted by atomic mass is 9.99. The summed E-state index contributed by atoms with van der Waals surface area (Å²) >= 11 is 6.34. The lowest BCUT2D eigenvalue weighted by molar-refractivity contribution is 1.07. The first-order valence-corrected chi connectivity index (χ1v) is 7.30. The van der Waals surface area contributed by atoms with E-state index in [1.54, 1.807) is 0 Å². The molecule has 0 aromatic heterocycles. The van der Waals surface area contributed by atoms with Crippen molar-refractivity contribution < 1.29 is 0 Å². The van der Waals surface area contributed by atoms with E-state index in [2.05, 4.69) is 36.4 Å². The average molecular weight is 294 g/mol. The molecule has 0 amide bonds. The molecule has 0 bridgehead atoms. The van der Waals surface area contributed by atoms with Gasteiger partial charge in [0, 0.05) is 17.1 Å². The Bertz CT molecular complexity index is 733. The molecule has 0 aliphatic rings. The summed E-state index contributed by atoms with van der Waals surface area (Å²) in [5, 5.41) is 0.741. The van der Waals surface area contributed by atoms with Crippen LogP contribution in [0.5, 0.6) is 0 Å². The van der Waals surface area contributed by atoms with E-state index >= 15 is 0 Å². The first-order valence-electron chi connectivity index (χ1n) is 6.92. The first-order chi connectivity index (χ1) is 10.3. The topological polar surface area (TPSA) is 26.0 Å². The number of halogens is 1. The van der Waals surface area contributed by atoms with Gasteiger partial charge in [-0.25, -0.2) is 0 Å². The van der Waals surface area contributed by atoms with E-state index < -0.39 is 0 Å². The van der Waals surface area contributed by atoms with Crippen molar-refractivity contribution in [2.24, 2.45) is 5.73 Å². The molecular formula is C19H16ClN. The minimum atomic E-state index is 0.507. The Kier molecular flexibility index (Phi) is 4.05. The molecule has 0 atom stereocenters. The number of rotatable bonds is 3. The molecule has 1 nitrogen and oxygen atoms in total.